The highest BCUT2D eigenvalue weighted by Crippen LogP contribution is 2.22. The van der Waals surface area contributed by atoms with Crippen LogP contribution in [0.4, 0.5) is 4.79 Å². The largest absolute Gasteiger partial charge is 0.445 e. The van der Waals surface area contributed by atoms with E-state index >= 15 is 0 Å². The highest BCUT2D eigenvalue weighted by molar-refractivity contribution is 6.01. The van der Waals surface area contributed by atoms with Crippen molar-refractivity contribution in [2.24, 2.45) is 12.1 Å². The maximum Gasteiger partial charge on any atom is 0.408 e. The molecule has 0 aliphatic rings. The lowest BCUT2D eigenvalue weighted by atomic mass is 10.1. The number of hydrogen-bond donors (Lipinski definition) is 3. The van der Waals surface area contributed by atoms with Gasteiger partial charge in [0.25, 0.3) is 5.91 Å². The zero-order chi connectivity index (χ0) is 23.9. The van der Waals surface area contributed by atoms with E-state index in [-0.39, 0.29) is 13.0 Å². The van der Waals surface area contributed by atoms with E-state index in [4.69, 9.17) is 4.74 Å². The second-order valence-electron chi connectivity index (χ2n) is 7.85. The molecule has 3 N–H and O–H groups in total. The third-order valence-electron chi connectivity index (χ3n) is 5.62. The average Bonchev–Trinajstić information content (AvgIpc) is 3.45. The Morgan fingerprint density at radius 1 is 1.18 bits per heavy atom. The van der Waals surface area contributed by atoms with E-state index < -0.39 is 18.0 Å². The number of aromatic nitrogens is 3. The van der Waals surface area contributed by atoms with Crippen LogP contribution in [0.5, 0.6) is 0 Å². The first-order chi connectivity index (χ1) is 16.5. The minimum absolute atomic E-state index is 0.101. The first-order valence-electron chi connectivity index (χ1n) is 10.8. The summed E-state index contributed by atoms with van der Waals surface area (Å²) in [4.78, 5) is 32.2. The van der Waals surface area contributed by atoms with Crippen LogP contribution in [0.2, 0.25) is 0 Å². The number of hydrazone groups is 1. The Kier molecular flexibility index (Phi) is 7.02. The second-order valence-corrected chi connectivity index (χ2v) is 7.85. The summed E-state index contributed by atoms with van der Waals surface area (Å²) < 4.78 is 7.34. The van der Waals surface area contributed by atoms with Gasteiger partial charge in [-0.2, -0.15) is 5.10 Å². The lowest BCUT2D eigenvalue weighted by Crippen LogP contribution is -2.47. The number of carbonyl (C=O) groups excluding carboxylic acids is 2. The number of aromatic amines is 1. The normalized spacial score (nSPS) is 12.1. The molecule has 1 atom stereocenters. The van der Waals surface area contributed by atoms with Crippen molar-refractivity contribution in [3.05, 3.63) is 89.6 Å². The number of amides is 2. The number of benzene rings is 2. The predicted molar refractivity (Wildman–Crippen MR) is 129 cm³/mol. The topological polar surface area (TPSA) is 113 Å². The van der Waals surface area contributed by atoms with Crippen LogP contribution in [0, 0.1) is 6.92 Å². The lowest BCUT2D eigenvalue weighted by molar-refractivity contribution is -0.123. The molecule has 2 aromatic carbocycles. The van der Waals surface area contributed by atoms with Gasteiger partial charge in [0.15, 0.2) is 0 Å². The van der Waals surface area contributed by atoms with Gasteiger partial charge in [0.1, 0.15) is 12.6 Å². The highest BCUT2D eigenvalue weighted by Gasteiger charge is 2.22. The molecule has 0 radical (unpaired) electrons. The smallest absolute Gasteiger partial charge is 0.408 e. The van der Waals surface area contributed by atoms with Crippen LogP contribution >= 0.6 is 0 Å². The zero-order valence-electron chi connectivity index (χ0n) is 19.0. The fourth-order valence-corrected chi connectivity index (χ4v) is 3.68. The minimum atomic E-state index is -0.908. The van der Waals surface area contributed by atoms with Crippen LogP contribution in [-0.4, -0.2) is 38.8 Å². The molecule has 0 saturated heterocycles. The molecule has 2 heterocycles. The molecule has 0 spiro atoms. The van der Waals surface area contributed by atoms with E-state index in [1.807, 2.05) is 68.6 Å². The molecular weight excluding hydrogens is 432 g/mol. The second kappa shape index (κ2) is 10.5. The van der Waals surface area contributed by atoms with Crippen LogP contribution in [0.1, 0.15) is 22.5 Å². The number of nitrogens with one attached hydrogen (secondary N) is 3. The van der Waals surface area contributed by atoms with E-state index in [1.165, 1.54) is 6.33 Å². The molecule has 9 nitrogen and oxygen atoms in total. The van der Waals surface area contributed by atoms with Gasteiger partial charge in [0.2, 0.25) is 0 Å². The van der Waals surface area contributed by atoms with Crippen molar-refractivity contribution in [2.75, 3.05) is 0 Å². The summed E-state index contributed by atoms with van der Waals surface area (Å²) in [6.07, 6.45) is 4.24. The van der Waals surface area contributed by atoms with Gasteiger partial charge in [-0.05, 0) is 18.6 Å². The summed E-state index contributed by atoms with van der Waals surface area (Å²) in [5, 5.41) is 7.82. The Morgan fingerprint density at radius 3 is 2.71 bits per heavy atom. The third-order valence-corrected chi connectivity index (χ3v) is 5.62. The Hall–Kier alpha value is -4.40. The van der Waals surface area contributed by atoms with Crippen molar-refractivity contribution >= 4 is 29.1 Å². The van der Waals surface area contributed by atoms with Gasteiger partial charge >= 0.3 is 6.09 Å². The Labute approximate surface area is 196 Å². The number of alkyl carbamates (subject to hydrolysis) is 1. The molecule has 0 aliphatic carbocycles. The maximum atomic E-state index is 12.9. The molecule has 4 aromatic rings. The predicted octanol–water partition coefficient (Wildman–Crippen LogP) is 3.20. The van der Waals surface area contributed by atoms with E-state index in [2.05, 4.69) is 30.4 Å². The van der Waals surface area contributed by atoms with Crippen molar-refractivity contribution in [1.29, 1.82) is 0 Å². The van der Waals surface area contributed by atoms with Gasteiger partial charge in [-0.3, -0.25) is 4.79 Å². The van der Waals surface area contributed by atoms with Crippen molar-refractivity contribution in [2.45, 2.75) is 26.0 Å². The number of carbonyl (C=O) groups is 2. The number of nitrogens with zero attached hydrogens (tertiary/aromatic N) is 3. The van der Waals surface area contributed by atoms with Crippen molar-refractivity contribution in [3.8, 4) is 0 Å². The van der Waals surface area contributed by atoms with Gasteiger partial charge < -0.3 is 19.6 Å². The number of aryl methyl sites for hydroxylation is 1. The van der Waals surface area contributed by atoms with E-state index in [0.29, 0.717) is 5.69 Å². The van der Waals surface area contributed by atoms with Crippen LogP contribution < -0.4 is 10.7 Å². The van der Waals surface area contributed by atoms with Crippen molar-refractivity contribution in [3.63, 3.8) is 0 Å². The quantitative estimate of drug-likeness (QED) is 0.278. The number of rotatable bonds is 8. The van der Waals surface area contributed by atoms with E-state index in [1.54, 1.807) is 12.4 Å². The molecule has 0 aliphatic heterocycles. The molecular formula is C25H26N6O3. The molecule has 2 amide bonds. The van der Waals surface area contributed by atoms with Crippen LogP contribution in [-0.2, 0) is 29.6 Å². The lowest BCUT2D eigenvalue weighted by Gasteiger charge is -2.16. The average molecular weight is 459 g/mol. The molecule has 0 unspecified atom stereocenters. The highest BCUT2D eigenvalue weighted by atomic mass is 16.5. The van der Waals surface area contributed by atoms with Gasteiger partial charge in [0, 0.05) is 47.5 Å². The Balaban J connectivity index is 1.43. The fourth-order valence-electron chi connectivity index (χ4n) is 3.68. The van der Waals surface area contributed by atoms with Crippen molar-refractivity contribution < 1.29 is 14.3 Å². The molecule has 2 aromatic heterocycles. The molecule has 9 heteroatoms. The van der Waals surface area contributed by atoms with Crippen LogP contribution in [0.15, 0.2) is 72.2 Å². The third kappa shape index (κ3) is 5.32. The number of ether oxygens (including phenoxy) is 1. The summed E-state index contributed by atoms with van der Waals surface area (Å²) in [6, 6.07) is 16.4. The first-order valence-corrected chi connectivity index (χ1v) is 10.8. The van der Waals surface area contributed by atoms with E-state index in [9.17, 15) is 9.59 Å². The number of para-hydroxylation sites is 1. The fraction of sp³-hybridized carbons (Fsp3) is 0.200. The molecule has 174 valence electrons. The van der Waals surface area contributed by atoms with E-state index in [0.717, 1.165) is 27.7 Å². The molecule has 0 fully saturated rings. The van der Waals surface area contributed by atoms with Gasteiger partial charge in [0.05, 0.1) is 12.5 Å². The Morgan fingerprint density at radius 2 is 1.94 bits per heavy atom. The van der Waals surface area contributed by atoms with Gasteiger partial charge in [-0.15, -0.1) is 0 Å². The minimum Gasteiger partial charge on any atom is -0.445 e. The molecule has 34 heavy (non-hydrogen) atoms. The SMILES string of the molecule is Cc1c(/C=N\NC(=O)[C@H](Cc2cnc[nH]2)NC(=O)OCc2ccccc2)c2ccccc2n1C. The van der Waals surface area contributed by atoms with Crippen molar-refractivity contribution in [1.82, 2.24) is 25.3 Å². The number of hydrogen-bond acceptors (Lipinski definition) is 5. The summed E-state index contributed by atoms with van der Waals surface area (Å²) >= 11 is 0. The Bertz CT molecular complexity index is 1300. The summed E-state index contributed by atoms with van der Waals surface area (Å²) in [7, 11) is 1.99. The van der Waals surface area contributed by atoms with Crippen LogP contribution in [0.3, 0.4) is 0 Å². The number of fused-ring (bicyclic) bond motifs is 1. The summed E-state index contributed by atoms with van der Waals surface area (Å²) in [5.74, 6) is -0.472. The first kappa shape index (κ1) is 22.8. The van der Waals surface area contributed by atoms with Gasteiger partial charge in [-0.25, -0.2) is 15.2 Å². The number of imidazole rings is 1. The summed E-state index contributed by atoms with van der Waals surface area (Å²) in [6.45, 7) is 2.10. The standard InChI is InChI=1S/C25H26N6O3/c1-17-21(20-10-6-7-11-23(20)31(17)2)14-28-30-24(32)22(12-19-13-26-16-27-19)29-25(33)34-15-18-8-4-3-5-9-18/h3-11,13-14,16,22H,12,15H2,1-2H3,(H,26,27)(H,29,33)(H,30,32)/b28-14-/t22-/m0/s1. The molecule has 4 rings (SSSR count). The summed E-state index contributed by atoms with van der Waals surface area (Å²) in [5.41, 5.74) is 7.10. The molecule has 0 bridgehead atoms. The number of H-pyrrole nitrogens is 1. The zero-order valence-corrected chi connectivity index (χ0v) is 19.0. The molecule has 0 saturated carbocycles. The van der Waals surface area contributed by atoms with Gasteiger partial charge in [-0.1, -0.05) is 48.5 Å². The van der Waals surface area contributed by atoms with Crippen LogP contribution in [0.25, 0.3) is 10.9 Å². The maximum absolute atomic E-state index is 12.9. The monoisotopic (exact) mass is 458 g/mol.